The van der Waals surface area contributed by atoms with Crippen LogP contribution in [0.3, 0.4) is 0 Å². The third-order valence-corrected chi connectivity index (χ3v) is 5.49. The number of nitrogens with zero attached hydrogens (tertiary/aromatic N) is 3. The minimum Gasteiger partial charge on any atom is -0.383 e. The van der Waals surface area contributed by atoms with Crippen LogP contribution in [0.4, 0.5) is 0 Å². The van der Waals surface area contributed by atoms with Gasteiger partial charge in [0.1, 0.15) is 5.82 Å². The Hall–Kier alpha value is -1.92. The predicted molar refractivity (Wildman–Crippen MR) is 122 cm³/mol. The van der Waals surface area contributed by atoms with Gasteiger partial charge in [0.05, 0.1) is 23.6 Å². The lowest BCUT2D eigenvalue weighted by molar-refractivity contribution is -0.135. The van der Waals surface area contributed by atoms with E-state index in [2.05, 4.69) is 27.7 Å². The number of ether oxygens (including phenoxy) is 1. The molecule has 2 atom stereocenters. The number of carbonyl (C=O) groups is 1. The van der Waals surface area contributed by atoms with Crippen molar-refractivity contribution in [3.8, 4) is 0 Å². The number of rotatable bonds is 8. The fraction of sp³-hybridized carbons (Fsp3) is 0.609. The molecule has 2 unspecified atom stereocenters. The van der Waals surface area contributed by atoms with E-state index in [1.54, 1.807) is 37.3 Å². The van der Waals surface area contributed by atoms with Crippen LogP contribution in [0.25, 0.3) is 10.9 Å². The number of methoxy groups -OCH3 is 1. The number of hydrogen-bond donors (Lipinski definition) is 0. The summed E-state index contributed by atoms with van der Waals surface area (Å²) in [7, 11) is 3.30. The molecule has 0 aliphatic rings. The van der Waals surface area contributed by atoms with Gasteiger partial charge in [0.25, 0.3) is 5.56 Å². The summed E-state index contributed by atoms with van der Waals surface area (Å²) in [5.74, 6) is 0.842. The minimum absolute atomic E-state index is 0.0433. The summed E-state index contributed by atoms with van der Waals surface area (Å²) >= 11 is 6.05. The van der Waals surface area contributed by atoms with E-state index in [0.29, 0.717) is 41.3 Å². The van der Waals surface area contributed by atoms with Crippen LogP contribution < -0.4 is 5.56 Å². The molecule has 0 fully saturated rings. The van der Waals surface area contributed by atoms with Gasteiger partial charge in [-0.05, 0) is 42.9 Å². The normalized spacial score (nSPS) is 14.0. The average Bonchev–Trinajstić information content (AvgIpc) is 2.63. The third-order valence-electron chi connectivity index (χ3n) is 5.25. The van der Waals surface area contributed by atoms with E-state index in [1.807, 2.05) is 6.92 Å². The summed E-state index contributed by atoms with van der Waals surface area (Å²) in [6, 6.07) is 4.71. The monoisotopic (exact) mass is 435 g/mol. The Bertz CT molecular complexity index is 949. The van der Waals surface area contributed by atoms with Gasteiger partial charge >= 0.3 is 0 Å². The van der Waals surface area contributed by atoms with Crippen molar-refractivity contribution in [3.63, 3.8) is 0 Å². The number of aromatic nitrogens is 2. The molecule has 0 bridgehead atoms. The molecule has 1 aromatic heterocycles. The second-order valence-corrected chi connectivity index (χ2v) is 9.76. The van der Waals surface area contributed by atoms with Crippen LogP contribution >= 0.6 is 11.6 Å². The van der Waals surface area contributed by atoms with Crippen LogP contribution in [-0.4, -0.2) is 40.6 Å². The molecule has 1 aromatic carbocycles. The van der Waals surface area contributed by atoms with Gasteiger partial charge in [0.2, 0.25) is 5.91 Å². The highest BCUT2D eigenvalue weighted by atomic mass is 35.5. The maximum atomic E-state index is 13.2. The Balaban J connectivity index is 2.37. The lowest BCUT2D eigenvalue weighted by atomic mass is 9.84. The maximum Gasteiger partial charge on any atom is 0.261 e. The fourth-order valence-corrected chi connectivity index (χ4v) is 4.20. The first-order valence-electron chi connectivity index (χ1n) is 10.4. The SMILES string of the molecule is COCCN(C(=O)CC(C)CC(C)(C)C)C(C)c1nc2ccc(Cl)cc2c(=O)n1C. The highest BCUT2D eigenvalue weighted by Crippen LogP contribution is 2.28. The Labute approximate surface area is 184 Å². The number of halogens is 1. The Morgan fingerprint density at radius 1 is 1.30 bits per heavy atom. The molecule has 7 heteroatoms. The zero-order valence-corrected chi connectivity index (χ0v) is 19.9. The standard InChI is InChI=1S/C23H34ClN3O3/c1-15(14-23(3,4)5)12-20(28)27(10-11-30-7)16(2)21-25-19-9-8-17(24)13-18(19)22(29)26(21)6/h8-9,13,15-16H,10-12,14H2,1-7H3. The van der Waals surface area contributed by atoms with E-state index in [9.17, 15) is 9.59 Å². The van der Waals surface area contributed by atoms with Crippen molar-refractivity contribution in [3.05, 3.63) is 39.4 Å². The first-order valence-corrected chi connectivity index (χ1v) is 10.8. The number of hydrogen-bond acceptors (Lipinski definition) is 4. The summed E-state index contributed by atoms with van der Waals surface area (Å²) in [5.41, 5.74) is 0.558. The molecular formula is C23H34ClN3O3. The van der Waals surface area contributed by atoms with Crippen molar-refractivity contribution < 1.29 is 9.53 Å². The Kier molecular flexibility index (Phi) is 8.06. The van der Waals surface area contributed by atoms with Crippen molar-refractivity contribution >= 4 is 28.4 Å². The summed E-state index contributed by atoms with van der Waals surface area (Å²) in [5, 5.41) is 0.960. The van der Waals surface area contributed by atoms with Gasteiger partial charge in [-0.2, -0.15) is 0 Å². The van der Waals surface area contributed by atoms with Crippen LogP contribution in [-0.2, 0) is 16.6 Å². The van der Waals surface area contributed by atoms with Gasteiger partial charge in [-0.25, -0.2) is 4.98 Å². The van der Waals surface area contributed by atoms with Gasteiger partial charge in [-0.1, -0.05) is 39.3 Å². The molecule has 166 valence electrons. The zero-order valence-electron chi connectivity index (χ0n) is 19.2. The van der Waals surface area contributed by atoms with Crippen molar-refractivity contribution in [2.45, 2.75) is 53.5 Å². The first kappa shape index (κ1) is 24.4. The molecule has 30 heavy (non-hydrogen) atoms. The maximum absolute atomic E-state index is 13.2. The van der Waals surface area contributed by atoms with E-state index in [-0.39, 0.29) is 28.8 Å². The molecule has 0 saturated heterocycles. The van der Waals surface area contributed by atoms with Gasteiger partial charge < -0.3 is 9.64 Å². The van der Waals surface area contributed by atoms with Crippen LogP contribution in [0.2, 0.25) is 5.02 Å². The minimum atomic E-state index is -0.368. The zero-order chi connectivity index (χ0) is 22.6. The average molecular weight is 436 g/mol. The van der Waals surface area contributed by atoms with E-state index < -0.39 is 0 Å². The van der Waals surface area contributed by atoms with Gasteiger partial charge in [-0.15, -0.1) is 0 Å². The second-order valence-electron chi connectivity index (χ2n) is 9.33. The summed E-state index contributed by atoms with van der Waals surface area (Å²) in [6.07, 6.45) is 1.40. The molecule has 1 amide bonds. The molecule has 0 radical (unpaired) electrons. The quantitative estimate of drug-likeness (QED) is 0.608. The smallest absolute Gasteiger partial charge is 0.261 e. The highest BCUT2D eigenvalue weighted by Gasteiger charge is 2.27. The lowest BCUT2D eigenvalue weighted by Crippen LogP contribution is -2.39. The molecule has 0 saturated carbocycles. The van der Waals surface area contributed by atoms with Crippen molar-refractivity contribution in [2.75, 3.05) is 20.3 Å². The molecule has 2 aromatic rings. The van der Waals surface area contributed by atoms with Crippen LogP contribution in [0.15, 0.2) is 23.0 Å². The molecule has 0 N–H and O–H groups in total. The summed E-state index contributed by atoms with van der Waals surface area (Å²) < 4.78 is 6.74. The number of carbonyl (C=O) groups excluding carboxylic acids is 1. The number of amides is 1. The Morgan fingerprint density at radius 2 is 1.97 bits per heavy atom. The topological polar surface area (TPSA) is 64.4 Å². The molecule has 1 heterocycles. The van der Waals surface area contributed by atoms with E-state index in [0.717, 1.165) is 6.42 Å². The highest BCUT2D eigenvalue weighted by molar-refractivity contribution is 6.31. The second kappa shape index (κ2) is 9.92. The fourth-order valence-electron chi connectivity index (χ4n) is 4.03. The molecule has 0 aliphatic carbocycles. The van der Waals surface area contributed by atoms with Crippen LogP contribution in [0.1, 0.15) is 59.3 Å². The third kappa shape index (κ3) is 6.05. The van der Waals surface area contributed by atoms with E-state index in [4.69, 9.17) is 21.3 Å². The van der Waals surface area contributed by atoms with Gasteiger partial charge in [0, 0.05) is 32.1 Å². The van der Waals surface area contributed by atoms with Gasteiger partial charge in [0.15, 0.2) is 0 Å². The number of benzene rings is 1. The van der Waals surface area contributed by atoms with Gasteiger partial charge in [-0.3, -0.25) is 14.2 Å². The Morgan fingerprint density at radius 3 is 2.57 bits per heavy atom. The first-order chi connectivity index (χ1) is 13.9. The van der Waals surface area contributed by atoms with Crippen molar-refractivity contribution in [1.29, 1.82) is 0 Å². The predicted octanol–water partition coefficient (Wildman–Crippen LogP) is 4.59. The van der Waals surface area contributed by atoms with Crippen molar-refractivity contribution in [2.24, 2.45) is 18.4 Å². The summed E-state index contributed by atoms with van der Waals surface area (Å²) in [6.45, 7) is 11.4. The lowest BCUT2D eigenvalue weighted by Gasteiger charge is -2.31. The molecule has 2 rings (SSSR count). The van der Waals surface area contributed by atoms with E-state index >= 15 is 0 Å². The molecule has 6 nitrogen and oxygen atoms in total. The van der Waals surface area contributed by atoms with Crippen molar-refractivity contribution in [1.82, 2.24) is 14.5 Å². The molecule has 0 spiro atoms. The number of fused-ring (bicyclic) bond motifs is 1. The molecular weight excluding hydrogens is 402 g/mol. The van der Waals surface area contributed by atoms with Crippen LogP contribution in [0.5, 0.6) is 0 Å². The molecule has 0 aliphatic heterocycles. The summed E-state index contributed by atoms with van der Waals surface area (Å²) in [4.78, 5) is 32.6. The van der Waals surface area contributed by atoms with E-state index in [1.165, 1.54) is 4.57 Å². The van der Waals surface area contributed by atoms with Crippen LogP contribution in [0, 0.1) is 11.3 Å². The largest absolute Gasteiger partial charge is 0.383 e.